The fourth-order valence-corrected chi connectivity index (χ4v) is 4.13. The maximum atomic E-state index is 13.1. The third-order valence-electron chi connectivity index (χ3n) is 5.45. The molecule has 0 saturated carbocycles. The number of hydrogen-bond acceptors (Lipinski definition) is 3. The van der Waals surface area contributed by atoms with Crippen LogP contribution in [0.4, 0.5) is 18.0 Å². The number of carbonyl (C=O) groups excluding carboxylic acids is 1. The molecule has 154 valence electrons. The van der Waals surface area contributed by atoms with Crippen molar-refractivity contribution in [3.8, 4) is 0 Å². The van der Waals surface area contributed by atoms with Crippen molar-refractivity contribution in [2.24, 2.45) is 0 Å². The van der Waals surface area contributed by atoms with Crippen molar-refractivity contribution in [2.75, 3.05) is 13.1 Å². The topological polar surface area (TPSA) is 81.1 Å². The first-order valence-corrected chi connectivity index (χ1v) is 9.20. The molecule has 0 spiro atoms. The van der Waals surface area contributed by atoms with Gasteiger partial charge >= 0.3 is 12.3 Å². The predicted octanol–water partition coefficient (Wildman–Crippen LogP) is 3.35. The van der Waals surface area contributed by atoms with Crippen LogP contribution in [0.2, 0.25) is 5.02 Å². The summed E-state index contributed by atoms with van der Waals surface area (Å²) in [4.78, 5) is 26.1. The first kappa shape index (κ1) is 20.7. The molecule has 2 atom stereocenters. The standard InChI is InChI=1S/C18H20ClF3N2O4/c1-17(28,18(20,21)22)15(25)23-6-4-10-7-11(19)8-12(13(10)9-23)14-3-2-5-24(14)16(26)27/h7-8,14,28H,2-6,9H2,1H3,(H,26,27)/t14-,17-/m0/s1. The summed E-state index contributed by atoms with van der Waals surface area (Å²) in [5.41, 5.74) is -1.51. The molecule has 0 aliphatic carbocycles. The SMILES string of the molecule is C[C@](O)(C(=O)N1CCc2cc(Cl)cc([C@@H]3CCCN3C(=O)O)c2C1)C(F)(F)F. The summed E-state index contributed by atoms with van der Waals surface area (Å²) < 4.78 is 39.2. The zero-order valence-corrected chi connectivity index (χ0v) is 15.8. The van der Waals surface area contributed by atoms with Gasteiger partial charge in [0.25, 0.3) is 5.91 Å². The molecule has 2 amide bonds. The van der Waals surface area contributed by atoms with E-state index in [-0.39, 0.29) is 19.5 Å². The van der Waals surface area contributed by atoms with Crippen LogP contribution in [0.1, 0.15) is 42.5 Å². The van der Waals surface area contributed by atoms with Crippen molar-refractivity contribution in [3.63, 3.8) is 0 Å². The highest BCUT2D eigenvalue weighted by atomic mass is 35.5. The van der Waals surface area contributed by atoms with E-state index in [4.69, 9.17) is 11.6 Å². The van der Waals surface area contributed by atoms with Gasteiger partial charge in [-0.3, -0.25) is 4.79 Å². The van der Waals surface area contributed by atoms with Crippen LogP contribution >= 0.6 is 11.6 Å². The van der Waals surface area contributed by atoms with E-state index in [0.717, 1.165) is 10.5 Å². The molecule has 1 fully saturated rings. The number of hydrogen-bond donors (Lipinski definition) is 2. The summed E-state index contributed by atoms with van der Waals surface area (Å²) in [6.45, 7) is 0.658. The Morgan fingerprint density at radius 3 is 2.54 bits per heavy atom. The van der Waals surface area contributed by atoms with E-state index in [2.05, 4.69) is 0 Å². The molecule has 6 nitrogen and oxygen atoms in total. The number of nitrogens with zero attached hydrogens (tertiary/aromatic N) is 2. The van der Waals surface area contributed by atoms with Crippen LogP contribution in [-0.4, -0.2) is 56.9 Å². The van der Waals surface area contributed by atoms with E-state index in [1.807, 2.05) is 0 Å². The second kappa shape index (κ2) is 7.11. The molecule has 1 aromatic carbocycles. The van der Waals surface area contributed by atoms with Gasteiger partial charge < -0.3 is 20.0 Å². The van der Waals surface area contributed by atoms with E-state index < -0.39 is 29.8 Å². The number of fused-ring (bicyclic) bond motifs is 1. The largest absolute Gasteiger partial charge is 0.465 e. The number of alkyl halides is 3. The number of rotatable bonds is 2. The van der Waals surface area contributed by atoms with Crippen LogP contribution in [0.25, 0.3) is 0 Å². The van der Waals surface area contributed by atoms with E-state index in [0.29, 0.717) is 42.5 Å². The molecule has 2 N–H and O–H groups in total. The van der Waals surface area contributed by atoms with Gasteiger partial charge in [0.2, 0.25) is 5.60 Å². The number of amides is 2. The molecule has 0 aromatic heterocycles. The number of carbonyl (C=O) groups is 2. The van der Waals surface area contributed by atoms with Crippen LogP contribution in [-0.2, 0) is 17.8 Å². The predicted molar refractivity (Wildman–Crippen MR) is 94.0 cm³/mol. The lowest BCUT2D eigenvalue weighted by Gasteiger charge is -2.37. The average Bonchev–Trinajstić information content (AvgIpc) is 3.08. The Kier molecular flexibility index (Phi) is 5.26. The van der Waals surface area contributed by atoms with Crippen LogP contribution in [0.5, 0.6) is 0 Å². The van der Waals surface area contributed by atoms with Gasteiger partial charge in [0.05, 0.1) is 6.04 Å². The Morgan fingerprint density at radius 1 is 1.25 bits per heavy atom. The molecule has 3 rings (SSSR count). The lowest BCUT2D eigenvalue weighted by atomic mass is 9.89. The molecule has 28 heavy (non-hydrogen) atoms. The molecule has 2 aliphatic rings. The van der Waals surface area contributed by atoms with Crippen LogP contribution < -0.4 is 0 Å². The fraction of sp³-hybridized carbons (Fsp3) is 0.556. The minimum atomic E-state index is -5.10. The zero-order valence-electron chi connectivity index (χ0n) is 15.1. The van der Waals surface area contributed by atoms with Gasteiger partial charge in [0.1, 0.15) is 0 Å². The molecular weight excluding hydrogens is 401 g/mol. The van der Waals surface area contributed by atoms with Crippen molar-refractivity contribution in [2.45, 2.75) is 50.6 Å². The smallest absolute Gasteiger partial charge is 0.426 e. The molecule has 0 radical (unpaired) electrons. The van der Waals surface area contributed by atoms with Crippen molar-refractivity contribution in [1.82, 2.24) is 9.80 Å². The van der Waals surface area contributed by atoms with Crippen LogP contribution in [0, 0.1) is 0 Å². The summed E-state index contributed by atoms with van der Waals surface area (Å²) in [6, 6.07) is 2.83. The third kappa shape index (κ3) is 3.53. The zero-order chi connectivity index (χ0) is 20.9. The molecule has 0 bridgehead atoms. The van der Waals surface area contributed by atoms with Gasteiger partial charge in [-0.05, 0) is 55.0 Å². The van der Waals surface area contributed by atoms with Crippen LogP contribution in [0.15, 0.2) is 12.1 Å². The minimum absolute atomic E-state index is 0.00512. The maximum Gasteiger partial charge on any atom is 0.426 e. The highest BCUT2D eigenvalue weighted by Gasteiger charge is 2.57. The van der Waals surface area contributed by atoms with Gasteiger partial charge in [-0.2, -0.15) is 13.2 Å². The van der Waals surface area contributed by atoms with Crippen molar-refractivity contribution < 1.29 is 33.0 Å². The number of benzene rings is 1. The quantitative estimate of drug-likeness (QED) is 0.768. The Morgan fingerprint density at radius 2 is 1.93 bits per heavy atom. The number of halogens is 4. The highest BCUT2D eigenvalue weighted by Crippen LogP contribution is 2.39. The lowest BCUT2D eigenvalue weighted by Crippen LogP contribution is -2.56. The van der Waals surface area contributed by atoms with Gasteiger partial charge in [0.15, 0.2) is 0 Å². The maximum absolute atomic E-state index is 13.1. The minimum Gasteiger partial charge on any atom is -0.465 e. The molecule has 10 heteroatoms. The monoisotopic (exact) mass is 420 g/mol. The number of likely N-dealkylation sites (tertiary alicyclic amines) is 1. The number of aliphatic hydroxyl groups is 1. The first-order chi connectivity index (χ1) is 12.9. The van der Waals surface area contributed by atoms with E-state index >= 15 is 0 Å². The number of carboxylic acid groups (broad SMARTS) is 1. The summed E-state index contributed by atoms with van der Waals surface area (Å²) in [5.74, 6) is -1.42. The van der Waals surface area contributed by atoms with Gasteiger partial charge in [-0.15, -0.1) is 0 Å². The fourth-order valence-electron chi connectivity index (χ4n) is 3.88. The normalized spacial score (nSPS) is 22.0. The van der Waals surface area contributed by atoms with Gasteiger partial charge in [-0.25, -0.2) is 4.79 Å². The van der Waals surface area contributed by atoms with Gasteiger partial charge in [-0.1, -0.05) is 11.6 Å². The van der Waals surface area contributed by atoms with E-state index in [9.17, 15) is 33.0 Å². The van der Waals surface area contributed by atoms with Crippen molar-refractivity contribution in [1.29, 1.82) is 0 Å². The third-order valence-corrected chi connectivity index (χ3v) is 5.67. The first-order valence-electron chi connectivity index (χ1n) is 8.82. The average molecular weight is 421 g/mol. The van der Waals surface area contributed by atoms with E-state index in [1.165, 1.54) is 4.90 Å². The Hall–Kier alpha value is -2.00. The molecule has 2 heterocycles. The lowest BCUT2D eigenvalue weighted by molar-refractivity contribution is -0.250. The van der Waals surface area contributed by atoms with Crippen molar-refractivity contribution in [3.05, 3.63) is 33.8 Å². The summed E-state index contributed by atoms with van der Waals surface area (Å²) in [7, 11) is 0. The second-order valence-corrected chi connectivity index (χ2v) is 7.75. The Balaban J connectivity index is 1.97. The summed E-state index contributed by atoms with van der Waals surface area (Å²) >= 11 is 6.18. The van der Waals surface area contributed by atoms with Crippen molar-refractivity contribution >= 4 is 23.6 Å². The molecule has 1 aromatic rings. The summed E-state index contributed by atoms with van der Waals surface area (Å²) in [5, 5.41) is 19.6. The molecule has 0 unspecified atom stereocenters. The molecular formula is C18H20ClF3N2O4. The molecule has 2 aliphatic heterocycles. The van der Waals surface area contributed by atoms with Crippen LogP contribution in [0.3, 0.4) is 0 Å². The highest BCUT2D eigenvalue weighted by molar-refractivity contribution is 6.30. The Labute approximate surface area is 164 Å². The second-order valence-electron chi connectivity index (χ2n) is 7.31. The van der Waals surface area contributed by atoms with E-state index in [1.54, 1.807) is 12.1 Å². The molecule has 1 saturated heterocycles. The Bertz CT molecular complexity index is 813. The van der Waals surface area contributed by atoms with Gasteiger partial charge in [0, 0.05) is 24.7 Å². The summed E-state index contributed by atoms with van der Waals surface area (Å²) in [6.07, 6.45) is -4.70.